The number of nitrogens with zero attached hydrogens (tertiary/aromatic N) is 4. The first-order valence-electron chi connectivity index (χ1n) is 5.23. The molecule has 2 aromatic heterocycles. The predicted octanol–water partition coefficient (Wildman–Crippen LogP) is 1.06. The lowest BCUT2D eigenvalue weighted by molar-refractivity contribution is 0.528. The van der Waals surface area contributed by atoms with Crippen molar-refractivity contribution in [2.75, 3.05) is 0 Å². The molecule has 0 saturated heterocycles. The minimum atomic E-state index is 0.174. The molecule has 0 aliphatic carbocycles. The third kappa shape index (κ3) is 2.43. The third-order valence-corrected chi connectivity index (χ3v) is 2.47. The van der Waals surface area contributed by atoms with E-state index in [1.807, 2.05) is 29.9 Å². The fourth-order valence-corrected chi connectivity index (χ4v) is 1.55. The summed E-state index contributed by atoms with van der Waals surface area (Å²) < 4.78 is 1.92. The molecule has 1 unspecified atom stereocenters. The van der Waals surface area contributed by atoms with Gasteiger partial charge >= 0.3 is 0 Å². The second kappa shape index (κ2) is 4.85. The van der Waals surface area contributed by atoms with Crippen LogP contribution in [0.2, 0.25) is 0 Å². The van der Waals surface area contributed by atoms with Gasteiger partial charge in [0.05, 0.1) is 6.04 Å². The van der Waals surface area contributed by atoms with Crippen LogP contribution in [-0.4, -0.2) is 19.7 Å². The van der Waals surface area contributed by atoms with E-state index in [0.717, 1.165) is 17.9 Å². The molecule has 2 heterocycles. The highest BCUT2D eigenvalue weighted by atomic mass is 15.3. The lowest BCUT2D eigenvalue weighted by Gasteiger charge is -2.12. The smallest absolute Gasteiger partial charge is 0.149 e. The van der Waals surface area contributed by atoms with Crippen LogP contribution >= 0.6 is 0 Å². The second-order valence-corrected chi connectivity index (χ2v) is 3.76. The van der Waals surface area contributed by atoms with Crippen LogP contribution in [0.25, 0.3) is 0 Å². The molecule has 1 atom stereocenters. The van der Waals surface area contributed by atoms with Crippen LogP contribution in [0, 0.1) is 0 Å². The first-order valence-corrected chi connectivity index (χ1v) is 5.23. The first kappa shape index (κ1) is 10.8. The Labute approximate surface area is 94.5 Å². The SMILES string of the molecule is CC(NCc1cccnc1)c1nncn1C. The van der Waals surface area contributed by atoms with E-state index < -0.39 is 0 Å². The highest BCUT2D eigenvalue weighted by molar-refractivity contribution is 5.08. The summed E-state index contributed by atoms with van der Waals surface area (Å²) in [6, 6.07) is 4.15. The molecule has 2 aromatic rings. The molecule has 5 nitrogen and oxygen atoms in total. The lowest BCUT2D eigenvalue weighted by Crippen LogP contribution is -2.21. The molecule has 0 bridgehead atoms. The van der Waals surface area contributed by atoms with Crippen LogP contribution in [0.3, 0.4) is 0 Å². The molecule has 1 N–H and O–H groups in total. The van der Waals surface area contributed by atoms with E-state index in [1.165, 1.54) is 0 Å². The summed E-state index contributed by atoms with van der Waals surface area (Å²) in [6.45, 7) is 2.85. The molecule has 0 amide bonds. The van der Waals surface area contributed by atoms with Gasteiger partial charge in [-0.3, -0.25) is 4.98 Å². The number of nitrogens with one attached hydrogen (secondary N) is 1. The topological polar surface area (TPSA) is 55.6 Å². The maximum absolute atomic E-state index is 4.07. The molecule has 0 spiro atoms. The molecule has 16 heavy (non-hydrogen) atoms. The van der Waals surface area contributed by atoms with Gasteiger partial charge in [0, 0.05) is 26.0 Å². The maximum atomic E-state index is 4.07. The average molecular weight is 217 g/mol. The summed E-state index contributed by atoms with van der Waals surface area (Å²) in [7, 11) is 1.94. The molecule has 5 heteroatoms. The van der Waals surface area contributed by atoms with E-state index in [4.69, 9.17) is 0 Å². The molecule has 0 aliphatic heterocycles. The van der Waals surface area contributed by atoms with Gasteiger partial charge in [0.25, 0.3) is 0 Å². The summed E-state index contributed by atoms with van der Waals surface area (Å²) >= 11 is 0. The second-order valence-electron chi connectivity index (χ2n) is 3.76. The third-order valence-electron chi connectivity index (χ3n) is 2.47. The van der Waals surface area contributed by atoms with E-state index in [0.29, 0.717) is 0 Å². The van der Waals surface area contributed by atoms with Gasteiger partial charge in [-0.05, 0) is 18.6 Å². The molecule has 2 rings (SSSR count). The van der Waals surface area contributed by atoms with Gasteiger partial charge in [-0.2, -0.15) is 0 Å². The van der Waals surface area contributed by atoms with Crippen LogP contribution in [-0.2, 0) is 13.6 Å². The van der Waals surface area contributed by atoms with Crippen molar-refractivity contribution in [1.82, 2.24) is 25.1 Å². The molecular formula is C11H15N5. The van der Waals surface area contributed by atoms with Crippen LogP contribution < -0.4 is 5.32 Å². The van der Waals surface area contributed by atoms with Gasteiger partial charge in [-0.1, -0.05) is 6.07 Å². The Morgan fingerprint density at radius 1 is 1.50 bits per heavy atom. The Morgan fingerprint density at radius 2 is 2.38 bits per heavy atom. The Kier molecular flexibility index (Phi) is 3.26. The maximum Gasteiger partial charge on any atom is 0.149 e. The van der Waals surface area contributed by atoms with E-state index in [9.17, 15) is 0 Å². The fraction of sp³-hybridized carbons (Fsp3) is 0.364. The lowest BCUT2D eigenvalue weighted by atomic mass is 10.2. The van der Waals surface area contributed by atoms with Crippen molar-refractivity contribution in [1.29, 1.82) is 0 Å². The van der Waals surface area contributed by atoms with E-state index >= 15 is 0 Å². The van der Waals surface area contributed by atoms with Crippen LogP contribution in [0.4, 0.5) is 0 Å². The number of hydrogen-bond donors (Lipinski definition) is 1. The standard InChI is InChI=1S/C11H15N5/c1-9(11-15-14-8-16(11)2)13-7-10-4-3-5-12-6-10/h3-6,8-9,13H,7H2,1-2H3. The minimum Gasteiger partial charge on any atom is -0.319 e. The van der Waals surface area contributed by atoms with Crippen molar-refractivity contribution >= 4 is 0 Å². The van der Waals surface area contributed by atoms with Crippen LogP contribution in [0.1, 0.15) is 24.4 Å². The number of hydrogen-bond acceptors (Lipinski definition) is 4. The number of aromatic nitrogens is 4. The minimum absolute atomic E-state index is 0.174. The summed E-state index contributed by atoms with van der Waals surface area (Å²) in [5, 5.41) is 11.3. The van der Waals surface area contributed by atoms with Crippen molar-refractivity contribution in [2.24, 2.45) is 7.05 Å². The Bertz CT molecular complexity index is 437. The quantitative estimate of drug-likeness (QED) is 0.832. The highest BCUT2D eigenvalue weighted by Crippen LogP contribution is 2.08. The molecule has 0 radical (unpaired) electrons. The Hall–Kier alpha value is -1.75. The van der Waals surface area contributed by atoms with Gasteiger partial charge in [0.2, 0.25) is 0 Å². The van der Waals surface area contributed by atoms with Gasteiger partial charge < -0.3 is 9.88 Å². The monoisotopic (exact) mass is 217 g/mol. The summed E-state index contributed by atoms with van der Waals surface area (Å²) in [5.41, 5.74) is 1.16. The van der Waals surface area contributed by atoms with Crippen LogP contribution in [0.5, 0.6) is 0 Å². The molecular weight excluding hydrogens is 202 g/mol. The van der Waals surface area contributed by atoms with Crippen molar-refractivity contribution < 1.29 is 0 Å². The fourth-order valence-electron chi connectivity index (χ4n) is 1.55. The highest BCUT2D eigenvalue weighted by Gasteiger charge is 2.09. The number of pyridine rings is 1. The van der Waals surface area contributed by atoms with E-state index in [2.05, 4.69) is 27.4 Å². The molecule has 0 fully saturated rings. The normalized spacial score (nSPS) is 12.6. The van der Waals surface area contributed by atoms with E-state index in [1.54, 1.807) is 12.5 Å². The Balaban J connectivity index is 1.94. The average Bonchev–Trinajstić information content (AvgIpc) is 2.74. The Morgan fingerprint density at radius 3 is 3.00 bits per heavy atom. The zero-order valence-electron chi connectivity index (χ0n) is 9.46. The van der Waals surface area contributed by atoms with Crippen LogP contribution in [0.15, 0.2) is 30.9 Å². The van der Waals surface area contributed by atoms with Gasteiger partial charge in [0.15, 0.2) is 0 Å². The largest absolute Gasteiger partial charge is 0.319 e. The first-order chi connectivity index (χ1) is 7.77. The zero-order chi connectivity index (χ0) is 11.4. The summed E-state index contributed by atoms with van der Waals surface area (Å²) in [6.07, 6.45) is 5.34. The number of rotatable bonds is 4. The van der Waals surface area contributed by atoms with Crippen molar-refractivity contribution in [3.05, 3.63) is 42.2 Å². The molecule has 84 valence electrons. The molecule has 0 saturated carbocycles. The van der Waals surface area contributed by atoms with Crippen molar-refractivity contribution in [3.63, 3.8) is 0 Å². The zero-order valence-corrected chi connectivity index (χ0v) is 9.46. The molecule has 0 aromatic carbocycles. The summed E-state index contributed by atoms with van der Waals surface area (Å²) in [5.74, 6) is 0.934. The molecule has 0 aliphatic rings. The summed E-state index contributed by atoms with van der Waals surface area (Å²) in [4.78, 5) is 4.07. The van der Waals surface area contributed by atoms with Gasteiger partial charge in [-0.25, -0.2) is 0 Å². The van der Waals surface area contributed by atoms with Crippen molar-refractivity contribution in [3.8, 4) is 0 Å². The van der Waals surface area contributed by atoms with Gasteiger partial charge in [0.1, 0.15) is 12.2 Å². The number of aryl methyl sites for hydroxylation is 1. The van der Waals surface area contributed by atoms with Crippen molar-refractivity contribution in [2.45, 2.75) is 19.5 Å². The van der Waals surface area contributed by atoms with Gasteiger partial charge in [-0.15, -0.1) is 10.2 Å². The predicted molar refractivity (Wildman–Crippen MR) is 60.5 cm³/mol. The van der Waals surface area contributed by atoms with E-state index in [-0.39, 0.29) is 6.04 Å².